The molecule has 0 bridgehead atoms. The van der Waals surface area contributed by atoms with Crippen molar-refractivity contribution in [2.24, 2.45) is 5.41 Å². The third-order valence-electron chi connectivity index (χ3n) is 5.71. The Labute approximate surface area is 122 Å². The monoisotopic (exact) mass is 300 g/mol. The number of carbonyl (C=O) groups is 1. The summed E-state index contributed by atoms with van der Waals surface area (Å²) in [5, 5.41) is 20.3. The van der Waals surface area contributed by atoms with E-state index in [0.717, 1.165) is 19.3 Å². The van der Waals surface area contributed by atoms with Gasteiger partial charge in [0.15, 0.2) is 14.1 Å². The summed E-state index contributed by atoms with van der Waals surface area (Å²) in [6.07, 6.45) is 0.579. The van der Waals surface area contributed by atoms with Gasteiger partial charge in [0.1, 0.15) is 6.10 Å². The summed E-state index contributed by atoms with van der Waals surface area (Å²) in [4.78, 5) is 11.8. The summed E-state index contributed by atoms with van der Waals surface area (Å²) in [5.74, 6) is -0.233. The fourth-order valence-electron chi connectivity index (χ4n) is 3.34. The molecule has 2 rings (SSSR count). The molecular formula is C15H28O4Si. The molecule has 0 amide bonds. The lowest BCUT2D eigenvalue weighted by molar-refractivity contribution is -0.127. The molecule has 5 heteroatoms. The number of hydrogen-bond acceptors (Lipinski definition) is 4. The van der Waals surface area contributed by atoms with Gasteiger partial charge in [-0.15, -0.1) is 0 Å². The number of aliphatic hydroxyl groups excluding tert-OH is 2. The van der Waals surface area contributed by atoms with Gasteiger partial charge >= 0.3 is 0 Å². The van der Waals surface area contributed by atoms with Crippen LogP contribution in [-0.4, -0.2) is 42.6 Å². The molecule has 0 saturated heterocycles. The molecule has 2 saturated carbocycles. The highest BCUT2D eigenvalue weighted by Gasteiger charge is 2.59. The minimum atomic E-state index is -1.94. The molecule has 2 fully saturated rings. The van der Waals surface area contributed by atoms with Crippen molar-refractivity contribution < 1.29 is 19.4 Å². The van der Waals surface area contributed by atoms with Crippen LogP contribution in [0.2, 0.25) is 18.1 Å². The second-order valence-corrected chi connectivity index (χ2v) is 12.8. The first-order chi connectivity index (χ1) is 9.01. The van der Waals surface area contributed by atoms with E-state index in [1.807, 2.05) is 0 Å². The van der Waals surface area contributed by atoms with Crippen molar-refractivity contribution in [3.05, 3.63) is 0 Å². The topological polar surface area (TPSA) is 66.8 Å². The van der Waals surface area contributed by atoms with Crippen LogP contribution in [0.25, 0.3) is 0 Å². The highest BCUT2D eigenvalue weighted by atomic mass is 28.4. The van der Waals surface area contributed by atoms with E-state index in [0.29, 0.717) is 0 Å². The summed E-state index contributed by atoms with van der Waals surface area (Å²) in [6.45, 7) is 10.9. The lowest BCUT2D eigenvalue weighted by Gasteiger charge is -2.43. The summed E-state index contributed by atoms with van der Waals surface area (Å²) in [7, 11) is -1.94. The van der Waals surface area contributed by atoms with E-state index in [1.165, 1.54) is 0 Å². The normalized spacial score (nSPS) is 39.0. The summed E-state index contributed by atoms with van der Waals surface area (Å²) >= 11 is 0. The fraction of sp³-hybridized carbons (Fsp3) is 0.933. The van der Waals surface area contributed by atoms with E-state index in [4.69, 9.17) is 4.43 Å². The quantitative estimate of drug-likeness (QED) is 0.768. The molecule has 2 N–H and O–H groups in total. The van der Waals surface area contributed by atoms with Crippen molar-refractivity contribution in [1.29, 1.82) is 0 Å². The van der Waals surface area contributed by atoms with Crippen LogP contribution in [0.3, 0.4) is 0 Å². The van der Waals surface area contributed by atoms with Gasteiger partial charge in [-0.05, 0) is 31.0 Å². The lowest BCUT2D eigenvalue weighted by atomic mass is 9.80. The third kappa shape index (κ3) is 2.38. The average Bonchev–Trinajstić information content (AvgIpc) is 2.77. The van der Waals surface area contributed by atoms with E-state index in [-0.39, 0.29) is 23.3 Å². The zero-order valence-corrected chi connectivity index (χ0v) is 14.3. The molecule has 0 aliphatic heterocycles. The molecule has 2 aliphatic rings. The average molecular weight is 300 g/mol. The second kappa shape index (κ2) is 4.90. The maximum atomic E-state index is 11.8. The second-order valence-electron chi connectivity index (χ2n) is 8.02. The molecule has 1 spiro atoms. The van der Waals surface area contributed by atoms with Gasteiger partial charge < -0.3 is 14.6 Å². The molecule has 2 unspecified atom stereocenters. The van der Waals surface area contributed by atoms with Gasteiger partial charge in [0.2, 0.25) is 0 Å². The van der Waals surface area contributed by atoms with Crippen LogP contribution in [0.4, 0.5) is 0 Å². The van der Waals surface area contributed by atoms with Crippen LogP contribution in [-0.2, 0) is 9.22 Å². The molecule has 0 aromatic carbocycles. The van der Waals surface area contributed by atoms with E-state index in [2.05, 4.69) is 33.9 Å². The van der Waals surface area contributed by atoms with Crippen LogP contribution in [0.15, 0.2) is 0 Å². The Hall–Kier alpha value is -0.233. The minimum Gasteiger partial charge on any atom is -0.413 e. The van der Waals surface area contributed by atoms with Crippen molar-refractivity contribution in [2.75, 3.05) is 0 Å². The smallest absolute Gasteiger partial charge is 0.192 e. The van der Waals surface area contributed by atoms with E-state index in [1.54, 1.807) is 0 Å². The first kappa shape index (κ1) is 16.1. The van der Waals surface area contributed by atoms with Crippen LogP contribution in [0.1, 0.15) is 46.5 Å². The van der Waals surface area contributed by atoms with E-state index >= 15 is 0 Å². The molecule has 4 atom stereocenters. The van der Waals surface area contributed by atoms with Gasteiger partial charge in [-0.1, -0.05) is 27.2 Å². The summed E-state index contributed by atoms with van der Waals surface area (Å²) < 4.78 is 6.48. The number of hydrogen-bond donors (Lipinski definition) is 2. The predicted octanol–water partition coefficient (Wildman–Crippen LogP) is 2.24. The zero-order chi connectivity index (χ0) is 15.3. The number of aliphatic hydroxyl groups is 2. The van der Waals surface area contributed by atoms with Crippen molar-refractivity contribution in [3.8, 4) is 0 Å². The molecule has 116 valence electrons. The molecule has 2 aliphatic carbocycles. The Balaban J connectivity index is 2.23. The first-order valence-corrected chi connectivity index (χ1v) is 10.5. The number of carbonyl (C=O) groups excluding carboxylic acids is 1. The first-order valence-electron chi connectivity index (χ1n) is 7.58. The highest BCUT2D eigenvalue weighted by molar-refractivity contribution is 6.74. The highest BCUT2D eigenvalue weighted by Crippen LogP contribution is 2.53. The van der Waals surface area contributed by atoms with Crippen LogP contribution in [0.5, 0.6) is 0 Å². The molecule has 0 aromatic rings. The zero-order valence-electron chi connectivity index (χ0n) is 13.3. The van der Waals surface area contributed by atoms with Crippen LogP contribution >= 0.6 is 0 Å². The molecule has 0 aromatic heterocycles. The largest absolute Gasteiger partial charge is 0.413 e. The number of ketones is 1. The summed E-state index contributed by atoms with van der Waals surface area (Å²) in [5.41, 5.74) is -0.550. The fourth-order valence-corrected chi connectivity index (χ4v) is 4.76. The van der Waals surface area contributed by atoms with Gasteiger partial charge in [0.25, 0.3) is 0 Å². The minimum absolute atomic E-state index is 0.0977. The third-order valence-corrected chi connectivity index (χ3v) is 10.2. The molecular weight excluding hydrogens is 272 g/mol. The van der Waals surface area contributed by atoms with Gasteiger partial charge in [-0.3, -0.25) is 4.79 Å². The predicted molar refractivity (Wildman–Crippen MR) is 80.0 cm³/mol. The standard InChI is InChI=1S/C15H28O4Si/c1-14(2,3)20(4,5)19-11-7-6-8-15(11)9-10(16)12(17)13(15)18/h11-13,17-18H,6-9H2,1-5H3/t11-,12?,13?,15-/m1/s1. The van der Waals surface area contributed by atoms with Crippen molar-refractivity contribution in [3.63, 3.8) is 0 Å². The Morgan fingerprint density at radius 2 is 1.90 bits per heavy atom. The summed E-state index contributed by atoms with van der Waals surface area (Å²) in [6, 6.07) is 0. The molecule has 0 heterocycles. The number of Topliss-reactive ketones (excluding diaryl/α,β-unsaturated/α-hetero) is 1. The van der Waals surface area contributed by atoms with E-state index < -0.39 is 25.9 Å². The molecule has 0 radical (unpaired) electrons. The van der Waals surface area contributed by atoms with Crippen molar-refractivity contribution >= 4 is 14.1 Å². The van der Waals surface area contributed by atoms with Crippen LogP contribution in [0, 0.1) is 5.41 Å². The maximum Gasteiger partial charge on any atom is 0.192 e. The van der Waals surface area contributed by atoms with Gasteiger partial charge in [-0.2, -0.15) is 0 Å². The Morgan fingerprint density at radius 3 is 2.35 bits per heavy atom. The maximum absolute atomic E-state index is 11.8. The molecule has 4 nitrogen and oxygen atoms in total. The van der Waals surface area contributed by atoms with Crippen molar-refractivity contribution in [1.82, 2.24) is 0 Å². The van der Waals surface area contributed by atoms with Crippen molar-refractivity contribution in [2.45, 2.75) is 82.9 Å². The van der Waals surface area contributed by atoms with Gasteiger partial charge in [0.05, 0.1) is 12.2 Å². The van der Waals surface area contributed by atoms with Crippen LogP contribution < -0.4 is 0 Å². The van der Waals surface area contributed by atoms with E-state index in [9.17, 15) is 15.0 Å². The molecule has 20 heavy (non-hydrogen) atoms. The Morgan fingerprint density at radius 1 is 1.30 bits per heavy atom. The van der Waals surface area contributed by atoms with Gasteiger partial charge in [0, 0.05) is 11.8 Å². The Bertz CT molecular complexity index is 401. The van der Waals surface area contributed by atoms with Gasteiger partial charge in [-0.25, -0.2) is 0 Å². The lowest BCUT2D eigenvalue weighted by Crippen LogP contribution is -2.50. The number of rotatable bonds is 2. The SMILES string of the molecule is CC(C)(C)[Si](C)(C)O[C@@H]1CCC[C@@]12CC(=O)C(O)C2O. The Kier molecular flexibility index (Phi) is 3.96.